The molecular weight excluding hydrogens is 242 g/mol. The van der Waals surface area contributed by atoms with Gasteiger partial charge in [0.25, 0.3) is 0 Å². The third-order valence-corrected chi connectivity index (χ3v) is 2.55. The molecule has 1 aromatic carbocycles. The number of carbonyl (C=O) groups is 1. The average molecular weight is 255 g/mol. The van der Waals surface area contributed by atoms with Crippen LogP contribution in [-0.4, -0.2) is 15.7 Å². The van der Waals surface area contributed by atoms with Gasteiger partial charge in [0.1, 0.15) is 12.7 Å². The number of esters is 1. The van der Waals surface area contributed by atoms with E-state index in [1.54, 1.807) is 10.9 Å². The van der Waals surface area contributed by atoms with Crippen molar-refractivity contribution in [3.63, 3.8) is 0 Å². The van der Waals surface area contributed by atoms with Gasteiger partial charge in [-0.3, -0.25) is 9.48 Å². The van der Waals surface area contributed by atoms with E-state index in [0.29, 0.717) is 12.1 Å². The Balaban J connectivity index is 1.74. The second-order valence-corrected chi connectivity index (χ2v) is 4.00. The molecule has 0 amide bonds. The minimum absolute atomic E-state index is 0.235. The first kappa shape index (κ1) is 12.8. The molecule has 5 nitrogen and oxygen atoms in total. The fourth-order valence-electron chi connectivity index (χ4n) is 1.56. The van der Waals surface area contributed by atoms with Crippen molar-refractivity contribution < 1.29 is 9.53 Å². The molecule has 1 aromatic heterocycles. The predicted molar refractivity (Wildman–Crippen MR) is 67.8 cm³/mol. The number of carbonyl (C=O) groups excluding carboxylic acids is 1. The number of aryl methyl sites for hydroxylation is 1. The molecule has 0 saturated heterocycles. The SMILES string of the molecule is N#Cc1cnn(CCC(=O)OCc2ccccc2)c1. The maximum absolute atomic E-state index is 11.5. The molecule has 96 valence electrons. The van der Waals surface area contributed by atoms with Gasteiger partial charge in [-0.2, -0.15) is 10.4 Å². The zero-order valence-corrected chi connectivity index (χ0v) is 10.3. The van der Waals surface area contributed by atoms with Crippen molar-refractivity contribution in [3.05, 3.63) is 53.9 Å². The normalized spacial score (nSPS) is 9.84. The summed E-state index contributed by atoms with van der Waals surface area (Å²) in [5, 5.41) is 12.6. The zero-order valence-electron chi connectivity index (χ0n) is 10.3. The summed E-state index contributed by atoms with van der Waals surface area (Å²) < 4.78 is 6.70. The summed E-state index contributed by atoms with van der Waals surface area (Å²) in [6, 6.07) is 11.5. The number of aromatic nitrogens is 2. The molecule has 2 rings (SSSR count). The van der Waals surface area contributed by atoms with E-state index >= 15 is 0 Å². The first-order valence-electron chi connectivity index (χ1n) is 5.90. The van der Waals surface area contributed by atoms with Crippen molar-refractivity contribution in [2.75, 3.05) is 0 Å². The van der Waals surface area contributed by atoms with Gasteiger partial charge in [-0.1, -0.05) is 30.3 Å². The lowest BCUT2D eigenvalue weighted by atomic mass is 10.2. The van der Waals surface area contributed by atoms with E-state index in [1.807, 2.05) is 36.4 Å². The summed E-state index contributed by atoms with van der Waals surface area (Å²) in [5.74, 6) is -0.280. The van der Waals surface area contributed by atoms with E-state index in [9.17, 15) is 4.79 Å². The van der Waals surface area contributed by atoms with Crippen LogP contribution in [0.2, 0.25) is 0 Å². The van der Waals surface area contributed by atoms with Gasteiger partial charge < -0.3 is 4.74 Å². The maximum atomic E-state index is 11.5. The molecule has 0 spiro atoms. The Labute approximate surface area is 111 Å². The highest BCUT2D eigenvalue weighted by Crippen LogP contribution is 2.03. The number of hydrogen-bond acceptors (Lipinski definition) is 4. The van der Waals surface area contributed by atoms with Crippen LogP contribution < -0.4 is 0 Å². The monoisotopic (exact) mass is 255 g/mol. The third kappa shape index (κ3) is 3.96. The highest BCUT2D eigenvalue weighted by Gasteiger charge is 2.05. The van der Waals surface area contributed by atoms with E-state index < -0.39 is 0 Å². The summed E-state index contributed by atoms with van der Waals surface area (Å²) >= 11 is 0. The standard InChI is InChI=1S/C14H13N3O2/c15-8-13-9-16-17(10-13)7-6-14(18)19-11-12-4-2-1-3-5-12/h1-5,9-10H,6-7,11H2. The van der Waals surface area contributed by atoms with Gasteiger partial charge >= 0.3 is 5.97 Å². The fourth-order valence-corrected chi connectivity index (χ4v) is 1.56. The first-order valence-corrected chi connectivity index (χ1v) is 5.90. The molecule has 0 unspecified atom stereocenters. The minimum atomic E-state index is -0.280. The number of hydrogen-bond donors (Lipinski definition) is 0. The maximum Gasteiger partial charge on any atom is 0.308 e. The van der Waals surface area contributed by atoms with Crippen molar-refractivity contribution in [3.8, 4) is 6.07 Å². The number of benzene rings is 1. The molecule has 0 aliphatic carbocycles. The molecule has 1 heterocycles. The number of rotatable bonds is 5. The molecule has 2 aromatic rings. The van der Waals surface area contributed by atoms with Gasteiger partial charge in [0.05, 0.1) is 24.7 Å². The summed E-state index contributed by atoms with van der Waals surface area (Å²) in [7, 11) is 0. The van der Waals surface area contributed by atoms with Crippen molar-refractivity contribution in [2.24, 2.45) is 0 Å². The number of nitrogens with zero attached hydrogens (tertiary/aromatic N) is 3. The van der Waals surface area contributed by atoms with E-state index in [4.69, 9.17) is 10.00 Å². The van der Waals surface area contributed by atoms with Crippen LogP contribution in [0.3, 0.4) is 0 Å². The first-order chi connectivity index (χ1) is 9.28. The van der Waals surface area contributed by atoms with Gasteiger partial charge in [0.2, 0.25) is 0 Å². The zero-order chi connectivity index (χ0) is 13.5. The molecule has 0 saturated carbocycles. The molecule has 0 N–H and O–H groups in total. The Morgan fingerprint density at radius 3 is 2.84 bits per heavy atom. The van der Waals surface area contributed by atoms with Gasteiger partial charge in [0, 0.05) is 6.20 Å². The molecule has 0 radical (unpaired) electrons. The fraction of sp³-hybridized carbons (Fsp3) is 0.214. The summed E-state index contributed by atoms with van der Waals surface area (Å²) in [6.07, 6.45) is 3.30. The molecule has 0 aliphatic heterocycles. The molecule has 19 heavy (non-hydrogen) atoms. The molecular formula is C14H13N3O2. The van der Waals surface area contributed by atoms with Crippen LogP contribution >= 0.6 is 0 Å². The second kappa shape index (κ2) is 6.36. The Kier molecular flexibility index (Phi) is 4.29. The van der Waals surface area contributed by atoms with E-state index in [2.05, 4.69) is 5.10 Å². The van der Waals surface area contributed by atoms with Crippen molar-refractivity contribution in [1.29, 1.82) is 5.26 Å². The van der Waals surface area contributed by atoms with Gasteiger partial charge in [-0.25, -0.2) is 0 Å². The van der Waals surface area contributed by atoms with Crippen molar-refractivity contribution in [1.82, 2.24) is 9.78 Å². The lowest BCUT2D eigenvalue weighted by molar-refractivity contribution is -0.145. The van der Waals surface area contributed by atoms with Crippen LogP contribution in [0.25, 0.3) is 0 Å². The molecule has 0 bridgehead atoms. The molecule has 5 heteroatoms. The summed E-state index contributed by atoms with van der Waals surface area (Å²) in [5.41, 5.74) is 1.44. The van der Waals surface area contributed by atoms with Crippen LogP contribution in [-0.2, 0) is 22.7 Å². The van der Waals surface area contributed by atoms with Gasteiger partial charge in [-0.15, -0.1) is 0 Å². The lowest BCUT2D eigenvalue weighted by Crippen LogP contribution is -2.09. The van der Waals surface area contributed by atoms with Crippen molar-refractivity contribution >= 4 is 5.97 Å². The van der Waals surface area contributed by atoms with Crippen LogP contribution in [0.1, 0.15) is 17.5 Å². The Morgan fingerprint density at radius 1 is 1.37 bits per heavy atom. The quantitative estimate of drug-likeness (QED) is 0.765. The van der Waals surface area contributed by atoms with Crippen LogP contribution in [0.15, 0.2) is 42.7 Å². The molecule has 0 aliphatic rings. The van der Waals surface area contributed by atoms with Gasteiger partial charge in [-0.05, 0) is 5.56 Å². The van der Waals surface area contributed by atoms with Crippen LogP contribution in [0, 0.1) is 11.3 Å². The highest BCUT2D eigenvalue weighted by atomic mass is 16.5. The average Bonchev–Trinajstić information content (AvgIpc) is 2.92. The molecule has 0 fully saturated rings. The highest BCUT2D eigenvalue weighted by molar-refractivity contribution is 5.69. The topological polar surface area (TPSA) is 67.9 Å². The predicted octanol–water partition coefficient (Wildman–Crippen LogP) is 1.89. The lowest BCUT2D eigenvalue weighted by Gasteiger charge is -2.04. The van der Waals surface area contributed by atoms with E-state index in [-0.39, 0.29) is 19.0 Å². The smallest absolute Gasteiger partial charge is 0.308 e. The summed E-state index contributed by atoms with van der Waals surface area (Å²) in [6.45, 7) is 0.692. The Hall–Kier alpha value is -2.61. The van der Waals surface area contributed by atoms with E-state index in [1.165, 1.54) is 6.20 Å². The Bertz CT molecular complexity index is 584. The van der Waals surface area contributed by atoms with Crippen LogP contribution in [0.4, 0.5) is 0 Å². The van der Waals surface area contributed by atoms with Gasteiger partial charge in [0.15, 0.2) is 0 Å². The van der Waals surface area contributed by atoms with Crippen molar-refractivity contribution in [2.45, 2.75) is 19.6 Å². The summed E-state index contributed by atoms with van der Waals surface area (Å²) in [4.78, 5) is 11.5. The molecule has 0 atom stereocenters. The van der Waals surface area contributed by atoms with Crippen LogP contribution in [0.5, 0.6) is 0 Å². The number of nitriles is 1. The second-order valence-electron chi connectivity index (χ2n) is 4.00. The number of ether oxygens (including phenoxy) is 1. The largest absolute Gasteiger partial charge is 0.461 e. The van der Waals surface area contributed by atoms with E-state index in [0.717, 1.165) is 5.56 Å². The third-order valence-electron chi connectivity index (χ3n) is 2.55. The Morgan fingerprint density at radius 2 is 2.16 bits per heavy atom. The minimum Gasteiger partial charge on any atom is -0.461 e.